The number of aliphatic carboxylic acids is 1. The number of unbranched alkanes of at least 4 members (excludes halogenated alkanes) is 15. The molecule has 0 aromatic rings. The summed E-state index contributed by atoms with van der Waals surface area (Å²) >= 11 is 0. The van der Waals surface area contributed by atoms with Crippen molar-refractivity contribution in [3.8, 4) is 0 Å². The Kier molecular flexibility index (Phi) is 20.3. The maximum atomic E-state index is 10.6. The molecule has 0 aliphatic heterocycles. The minimum Gasteiger partial charge on any atom is -0.481 e. The van der Waals surface area contributed by atoms with E-state index in [1.807, 2.05) is 0 Å². The third-order valence-corrected chi connectivity index (χ3v) is 6.44. The molecule has 0 unspecified atom stereocenters. The van der Waals surface area contributed by atoms with Crippen LogP contribution in [0.3, 0.4) is 0 Å². The summed E-state index contributed by atoms with van der Waals surface area (Å²) in [5.41, 5.74) is 0. The smallest absolute Gasteiger partial charge is 0.303 e. The molecular formula is C26H54NO2+. The molecule has 0 aromatic carbocycles. The fourth-order valence-electron chi connectivity index (χ4n) is 4.36. The van der Waals surface area contributed by atoms with Crippen molar-refractivity contribution in [1.29, 1.82) is 0 Å². The highest BCUT2D eigenvalue weighted by Gasteiger charge is 2.20. The van der Waals surface area contributed by atoms with E-state index in [9.17, 15) is 4.79 Å². The summed E-state index contributed by atoms with van der Waals surface area (Å²) in [6.45, 7) is 8.64. The SMILES string of the molecule is CCCCCCCC[N+](C)(CCCCCCCC)CCCCCCCCC(=O)O. The van der Waals surface area contributed by atoms with Crippen LogP contribution in [0, 0.1) is 0 Å². The Morgan fingerprint density at radius 1 is 0.552 bits per heavy atom. The Bertz CT molecular complexity index is 341. The van der Waals surface area contributed by atoms with Crippen LogP contribution in [-0.2, 0) is 4.79 Å². The third-order valence-electron chi connectivity index (χ3n) is 6.44. The maximum absolute atomic E-state index is 10.6. The van der Waals surface area contributed by atoms with Crippen LogP contribution in [0.5, 0.6) is 0 Å². The molecule has 0 aliphatic carbocycles. The first-order valence-corrected chi connectivity index (χ1v) is 13.1. The van der Waals surface area contributed by atoms with Crippen molar-refractivity contribution in [2.75, 3.05) is 26.7 Å². The normalized spacial score (nSPS) is 11.8. The molecule has 0 saturated heterocycles. The zero-order valence-electron chi connectivity index (χ0n) is 20.4. The molecule has 29 heavy (non-hydrogen) atoms. The van der Waals surface area contributed by atoms with Gasteiger partial charge in [0.1, 0.15) is 0 Å². The van der Waals surface area contributed by atoms with Crippen LogP contribution in [-0.4, -0.2) is 42.2 Å². The van der Waals surface area contributed by atoms with Crippen LogP contribution in [0.25, 0.3) is 0 Å². The summed E-state index contributed by atoms with van der Waals surface area (Å²) in [7, 11) is 2.50. The van der Waals surface area contributed by atoms with Gasteiger partial charge in [0, 0.05) is 6.42 Å². The lowest BCUT2D eigenvalue weighted by Gasteiger charge is -2.35. The average Bonchev–Trinajstić information content (AvgIpc) is 2.69. The van der Waals surface area contributed by atoms with Gasteiger partial charge in [-0.1, -0.05) is 84.5 Å². The predicted octanol–water partition coefficient (Wildman–Crippen LogP) is 7.97. The molecule has 0 aliphatic rings. The summed E-state index contributed by atoms with van der Waals surface area (Å²) in [6, 6.07) is 0. The maximum Gasteiger partial charge on any atom is 0.303 e. The first-order valence-electron chi connectivity index (χ1n) is 13.1. The molecule has 0 spiro atoms. The molecule has 174 valence electrons. The number of hydrogen-bond acceptors (Lipinski definition) is 1. The van der Waals surface area contributed by atoms with Gasteiger partial charge in [-0.2, -0.15) is 0 Å². The lowest BCUT2D eigenvalue weighted by Crippen LogP contribution is -2.46. The van der Waals surface area contributed by atoms with E-state index in [1.54, 1.807) is 0 Å². The van der Waals surface area contributed by atoms with E-state index in [4.69, 9.17) is 5.11 Å². The summed E-state index contributed by atoms with van der Waals surface area (Å²) < 4.78 is 1.28. The molecule has 0 aromatic heterocycles. The van der Waals surface area contributed by atoms with Crippen molar-refractivity contribution in [3.63, 3.8) is 0 Å². The van der Waals surface area contributed by atoms with E-state index < -0.39 is 5.97 Å². The quantitative estimate of drug-likeness (QED) is 0.136. The van der Waals surface area contributed by atoms with E-state index in [0.29, 0.717) is 6.42 Å². The van der Waals surface area contributed by atoms with Crippen molar-refractivity contribution in [1.82, 2.24) is 0 Å². The topological polar surface area (TPSA) is 37.3 Å². The second kappa shape index (κ2) is 20.7. The van der Waals surface area contributed by atoms with E-state index in [0.717, 1.165) is 12.8 Å². The second-order valence-electron chi connectivity index (χ2n) is 9.59. The van der Waals surface area contributed by atoms with Crippen molar-refractivity contribution in [2.24, 2.45) is 0 Å². The van der Waals surface area contributed by atoms with Gasteiger partial charge in [0.25, 0.3) is 0 Å². The summed E-state index contributed by atoms with van der Waals surface area (Å²) in [5, 5.41) is 8.70. The van der Waals surface area contributed by atoms with Crippen LogP contribution in [0.4, 0.5) is 0 Å². The second-order valence-corrected chi connectivity index (χ2v) is 9.59. The van der Waals surface area contributed by atoms with E-state index in [2.05, 4.69) is 20.9 Å². The van der Waals surface area contributed by atoms with Gasteiger partial charge in [-0.15, -0.1) is 0 Å². The zero-order valence-corrected chi connectivity index (χ0v) is 20.4. The molecule has 0 amide bonds. The van der Waals surface area contributed by atoms with Crippen molar-refractivity contribution in [2.45, 2.75) is 136 Å². The Morgan fingerprint density at radius 3 is 1.21 bits per heavy atom. The zero-order chi connectivity index (χ0) is 21.6. The number of carbonyl (C=O) groups is 1. The van der Waals surface area contributed by atoms with Crippen LogP contribution < -0.4 is 0 Å². The number of rotatable bonds is 23. The predicted molar refractivity (Wildman–Crippen MR) is 127 cm³/mol. The molecule has 0 bridgehead atoms. The van der Waals surface area contributed by atoms with Crippen LogP contribution >= 0.6 is 0 Å². The fourth-order valence-corrected chi connectivity index (χ4v) is 4.36. The highest BCUT2D eigenvalue weighted by molar-refractivity contribution is 5.66. The minimum absolute atomic E-state index is 0.339. The standard InChI is InChI=1S/C26H53NO2/c1-4-6-8-10-15-19-23-27(3,24-20-16-11-9-7-5-2)25-21-17-13-12-14-18-22-26(28)29/h4-25H2,1-3H3/p+1. The highest BCUT2D eigenvalue weighted by atomic mass is 16.4. The summed E-state index contributed by atoms with van der Waals surface area (Å²) in [5.74, 6) is -0.651. The molecule has 0 fully saturated rings. The third kappa shape index (κ3) is 20.5. The van der Waals surface area contributed by atoms with E-state index in [-0.39, 0.29) is 0 Å². The Balaban J connectivity index is 4.03. The summed E-state index contributed by atoms with van der Waals surface area (Å²) in [6.07, 6.45) is 24.1. The molecule has 3 nitrogen and oxygen atoms in total. The molecule has 0 rings (SSSR count). The Morgan fingerprint density at radius 2 is 0.862 bits per heavy atom. The van der Waals surface area contributed by atoms with Crippen molar-refractivity contribution < 1.29 is 14.4 Å². The number of carboxylic acid groups (broad SMARTS) is 1. The Labute approximate surface area is 183 Å². The van der Waals surface area contributed by atoms with Crippen molar-refractivity contribution >= 4 is 5.97 Å². The highest BCUT2D eigenvalue weighted by Crippen LogP contribution is 2.16. The molecule has 0 radical (unpaired) electrons. The van der Waals surface area contributed by atoms with E-state index >= 15 is 0 Å². The largest absolute Gasteiger partial charge is 0.481 e. The lowest BCUT2D eigenvalue weighted by molar-refractivity contribution is -0.910. The van der Waals surface area contributed by atoms with Crippen molar-refractivity contribution in [3.05, 3.63) is 0 Å². The van der Waals surface area contributed by atoms with E-state index in [1.165, 1.54) is 127 Å². The number of carboxylic acids is 1. The Hall–Kier alpha value is -0.570. The first kappa shape index (κ1) is 28.4. The average molecular weight is 413 g/mol. The van der Waals surface area contributed by atoms with Gasteiger partial charge in [-0.25, -0.2) is 0 Å². The van der Waals surface area contributed by atoms with Gasteiger partial charge in [0.2, 0.25) is 0 Å². The fraction of sp³-hybridized carbons (Fsp3) is 0.962. The lowest BCUT2D eigenvalue weighted by atomic mass is 10.1. The van der Waals surface area contributed by atoms with Crippen LogP contribution in [0.1, 0.15) is 136 Å². The number of hydrogen-bond donors (Lipinski definition) is 1. The molecule has 0 saturated carbocycles. The van der Waals surface area contributed by atoms with Gasteiger partial charge < -0.3 is 9.59 Å². The number of quaternary nitrogens is 1. The van der Waals surface area contributed by atoms with Gasteiger partial charge in [-0.05, 0) is 44.9 Å². The molecule has 0 atom stereocenters. The van der Waals surface area contributed by atoms with Crippen LogP contribution in [0.2, 0.25) is 0 Å². The molecule has 0 heterocycles. The van der Waals surface area contributed by atoms with Gasteiger partial charge in [0.05, 0.1) is 26.7 Å². The molecule has 3 heteroatoms. The number of nitrogens with zero attached hydrogens (tertiary/aromatic N) is 1. The minimum atomic E-state index is -0.651. The molecular weight excluding hydrogens is 358 g/mol. The van der Waals surface area contributed by atoms with Gasteiger partial charge in [-0.3, -0.25) is 4.79 Å². The monoisotopic (exact) mass is 412 g/mol. The molecule has 1 N–H and O–H groups in total. The summed E-state index contributed by atoms with van der Waals surface area (Å²) in [4.78, 5) is 10.6. The van der Waals surface area contributed by atoms with Crippen LogP contribution in [0.15, 0.2) is 0 Å². The van der Waals surface area contributed by atoms with Gasteiger partial charge >= 0.3 is 5.97 Å². The first-order chi connectivity index (χ1) is 14.0. The van der Waals surface area contributed by atoms with Gasteiger partial charge in [0.15, 0.2) is 0 Å².